The second-order valence-corrected chi connectivity index (χ2v) is 11.6. The van der Waals surface area contributed by atoms with Crippen molar-refractivity contribution >= 4 is 17.5 Å². The lowest BCUT2D eigenvalue weighted by atomic mass is 9.34. The number of allylic oxidation sites excluding steroid dienone is 2. The molecule has 0 aromatic carbocycles. The maximum atomic E-state index is 13.9. The van der Waals surface area contributed by atoms with Crippen molar-refractivity contribution in [2.45, 2.75) is 52.6 Å². The van der Waals surface area contributed by atoms with Gasteiger partial charge in [0, 0.05) is 27.2 Å². The average Bonchev–Trinajstić information content (AvgIpc) is 3.03. The maximum Gasteiger partial charge on any atom is 0.334 e. The topological polar surface area (TPSA) is 80.7 Å². The van der Waals surface area contributed by atoms with Crippen LogP contribution >= 0.6 is 0 Å². The molecule has 3 saturated carbocycles. The van der Waals surface area contributed by atoms with Crippen molar-refractivity contribution in [1.29, 1.82) is 0 Å². The summed E-state index contributed by atoms with van der Waals surface area (Å²) in [4.78, 5) is 39.5. The van der Waals surface area contributed by atoms with Crippen LogP contribution in [0.1, 0.15) is 47.0 Å². The van der Waals surface area contributed by atoms with E-state index in [9.17, 15) is 19.5 Å². The molecule has 2 spiro atoms. The van der Waals surface area contributed by atoms with E-state index in [1.54, 1.807) is 6.08 Å². The van der Waals surface area contributed by atoms with Gasteiger partial charge >= 0.3 is 5.97 Å². The van der Waals surface area contributed by atoms with Crippen molar-refractivity contribution in [3.05, 3.63) is 36.0 Å². The Morgan fingerprint density at radius 1 is 1.17 bits per heavy atom. The number of carbonyl (C=O) groups is 3. The van der Waals surface area contributed by atoms with Gasteiger partial charge in [-0.25, -0.2) is 4.79 Å². The number of ketones is 2. The fourth-order valence-electron chi connectivity index (χ4n) is 9.14. The minimum absolute atomic E-state index is 0.0535. The molecule has 0 radical (unpaired) electrons. The predicted molar refractivity (Wildman–Crippen MR) is 108 cm³/mol. The average molecular weight is 408 g/mol. The second kappa shape index (κ2) is 4.59. The molecule has 5 nitrogen and oxygen atoms in total. The van der Waals surface area contributed by atoms with Gasteiger partial charge in [-0.1, -0.05) is 39.5 Å². The predicted octanol–water partition coefficient (Wildman–Crippen LogP) is 2.93. The monoisotopic (exact) mass is 408 g/mol. The first-order valence-corrected chi connectivity index (χ1v) is 10.9. The summed E-state index contributed by atoms with van der Waals surface area (Å²) in [5.41, 5.74) is -4.04. The summed E-state index contributed by atoms with van der Waals surface area (Å²) >= 11 is 0. The van der Waals surface area contributed by atoms with E-state index in [1.807, 2.05) is 39.8 Å². The highest BCUT2D eigenvalue weighted by Crippen LogP contribution is 2.84. The van der Waals surface area contributed by atoms with Crippen molar-refractivity contribution in [3.63, 3.8) is 0 Å². The molecule has 7 atom stereocenters. The Morgan fingerprint density at radius 3 is 2.57 bits per heavy atom. The summed E-state index contributed by atoms with van der Waals surface area (Å²) in [5, 5.41) is 12.8. The Morgan fingerprint density at radius 2 is 1.87 bits per heavy atom. The van der Waals surface area contributed by atoms with Crippen molar-refractivity contribution in [1.82, 2.24) is 0 Å². The van der Waals surface area contributed by atoms with Crippen LogP contribution in [-0.4, -0.2) is 34.9 Å². The van der Waals surface area contributed by atoms with Crippen LogP contribution in [0.25, 0.3) is 0 Å². The Kier molecular flexibility index (Phi) is 2.87. The molecule has 1 heterocycles. The van der Waals surface area contributed by atoms with Gasteiger partial charge in [-0.15, -0.1) is 0 Å². The van der Waals surface area contributed by atoms with Gasteiger partial charge in [0.25, 0.3) is 0 Å². The normalized spacial score (nSPS) is 54.5. The van der Waals surface area contributed by atoms with Gasteiger partial charge in [-0.05, 0) is 43.8 Å². The number of esters is 1. The largest absolute Gasteiger partial charge is 0.461 e. The first kappa shape index (κ1) is 18.7. The molecule has 1 aliphatic heterocycles. The zero-order valence-electron chi connectivity index (χ0n) is 18.0. The lowest BCUT2D eigenvalue weighted by molar-refractivity contribution is -0.258. The fraction of sp³-hybridized carbons (Fsp3) is 0.640. The van der Waals surface area contributed by atoms with E-state index in [4.69, 9.17) is 4.74 Å². The van der Waals surface area contributed by atoms with Gasteiger partial charge in [0.1, 0.15) is 6.61 Å². The second-order valence-electron chi connectivity index (χ2n) is 11.6. The third kappa shape index (κ3) is 1.39. The highest BCUT2D eigenvalue weighted by molar-refractivity contribution is 6.04. The Balaban J connectivity index is 1.71. The first-order chi connectivity index (χ1) is 13.8. The Hall–Kier alpha value is -2.01. The summed E-state index contributed by atoms with van der Waals surface area (Å²) in [6.07, 6.45) is 7.14. The van der Waals surface area contributed by atoms with Crippen LogP contribution in [-0.2, 0) is 19.1 Å². The number of ether oxygens (including phenoxy) is 1. The molecule has 0 aromatic heterocycles. The number of aliphatic hydroxyl groups is 1. The van der Waals surface area contributed by atoms with Crippen LogP contribution in [0.4, 0.5) is 0 Å². The van der Waals surface area contributed by atoms with E-state index in [1.165, 1.54) is 0 Å². The molecular formula is C25H28O5. The number of fused-ring (bicyclic) bond motifs is 2. The quantitative estimate of drug-likeness (QED) is 0.492. The molecule has 0 aromatic rings. The fourth-order valence-corrected chi connectivity index (χ4v) is 9.14. The van der Waals surface area contributed by atoms with Gasteiger partial charge in [-0.2, -0.15) is 0 Å². The smallest absolute Gasteiger partial charge is 0.334 e. The molecule has 5 heteroatoms. The molecule has 6 aliphatic rings. The number of carbonyl (C=O) groups excluding carboxylic acids is 3. The lowest BCUT2D eigenvalue weighted by Gasteiger charge is -2.69. The summed E-state index contributed by atoms with van der Waals surface area (Å²) < 4.78 is 5.58. The molecule has 6 rings (SSSR count). The van der Waals surface area contributed by atoms with E-state index in [2.05, 4.69) is 6.58 Å². The van der Waals surface area contributed by atoms with Crippen LogP contribution in [0.3, 0.4) is 0 Å². The summed E-state index contributed by atoms with van der Waals surface area (Å²) in [5.74, 6) is -1.26. The standard InChI is InChI=1S/C25H28O5/c1-13-17-18(27)21(4)10-14-19(28)30-12-24(13,14)23(11-21)9-6-15-20(2,3)16(26)7-8-22(15,5)25(17,23)29/h7-8,10,15,17,29H,1,6,9,11-12H2,2-5H3. The van der Waals surface area contributed by atoms with Crippen molar-refractivity contribution in [3.8, 4) is 0 Å². The molecule has 5 aliphatic carbocycles. The zero-order chi connectivity index (χ0) is 21.7. The van der Waals surface area contributed by atoms with Crippen LogP contribution in [0.2, 0.25) is 0 Å². The Bertz CT molecular complexity index is 1060. The van der Waals surface area contributed by atoms with Crippen LogP contribution < -0.4 is 0 Å². The maximum absolute atomic E-state index is 13.9. The summed E-state index contributed by atoms with van der Waals surface area (Å²) in [7, 11) is 0. The first-order valence-electron chi connectivity index (χ1n) is 10.9. The van der Waals surface area contributed by atoms with E-state index in [0.29, 0.717) is 24.0 Å². The summed E-state index contributed by atoms with van der Waals surface area (Å²) in [6.45, 7) is 12.3. The molecule has 7 unspecified atom stereocenters. The van der Waals surface area contributed by atoms with Crippen molar-refractivity contribution in [2.75, 3.05) is 6.61 Å². The van der Waals surface area contributed by atoms with Crippen LogP contribution in [0.15, 0.2) is 36.0 Å². The molecule has 30 heavy (non-hydrogen) atoms. The van der Waals surface area contributed by atoms with Gasteiger partial charge in [0.2, 0.25) is 0 Å². The third-order valence-electron chi connectivity index (χ3n) is 10.4. The molecule has 4 fully saturated rings. The number of hydrogen-bond donors (Lipinski definition) is 1. The van der Waals surface area contributed by atoms with Gasteiger partial charge < -0.3 is 9.84 Å². The number of rotatable bonds is 0. The van der Waals surface area contributed by atoms with E-state index in [0.717, 1.165) is 6.42 Å². The zero-order valence-corrected chi connectivity index (χ0v) is 18.0. The lowest BCUT2D eigenvalue weighted by Crippen LogP contribution is -2.74. The molecule has 0 amide bonds. The van der Waals surface area contributed by atoms with Crippen LogP contribution in [0.5, 0.6) is 0 Å². The molecule has 1 N–H and O–H groups in total. The molecule has 1 saturated heterocycles. The summed E-state index contributed by atoms with van der Waals surface area (Å²) in [6, 6.07) is 0. The highest BCUT2D eigenvalue weighted by Gasteiger charge is 2.88. The van der Waals surface area contributed by atoms with Gasteiger partial charge in [0.05, 0.1) is 16.9 Å². The van der Waals surface area contributed by atoms with Crippen LogP contribution in [0, 0.1) is 38.9 Å². The Labute approximate surface area is 176 Å². The minimum Gasteiger partial charge on any atom is -0.461 e. The molecular weight excluding hydrogens is 380 g/mol. The number of Topliss-reactive ketones (excluding diaryl/α,β-unsaturated/α-hetero) is 1. The van der Waals surface area contributed by atoms with Crippen molar-refractivity contribution < 1.29 is 24.2 Å². The molecule has 158 valence electrons. The van der Waals surface area contributed by atoms with Gasteiger partial charge in [-0.3, -0.25) is 9.59 Å². The van der Waals surface area contributed by atoms with E-state index >= 15 is 0 Å². The third-order valence-corrected chi connectivity index (χ3v) is 10.4. The van der Waals surface area contributed by atoms with E-state index < -0.39 is 38.6 Å². The van der Waals surface area contributed by atoms with Crippen molar-refractivity contribution in [2.24, 2.45) is 38.9 Å². The number of cyclic esters (lactones) is 1. The number of hydrogen-bond acceptors (Lipinski definition) is 5. The highest BCUT2D eigenvalue weighted by atomic mass is 16.5. The van der Waals surface area contributed by atoms with E-state index in [-0.39, 0.29) is 30.1 Å². The SMILES string of the molecule is C=C1C2C(=O)C3(C)C=C4C(=O)OCC14C1(CCC4C(C)(C)C(=O)C=CC4(C)C21O)C3. The van der Waals surface area contributed by atoms with Gasteiger partial charge in [0.15, 0.2) is 11.6 Å². The minimum atomic E-state index is -1.42. The molecule has 3 bridgehead atoms.